The first-order valence-electron chi connectivity index (χ1n) is 9.96. The topological polar surface area (TPSA) is 111 Å². The zero-order valence-electron chi connectivity index (χ0n) is 17.6. The van der Waals surface area contributed by atoms with Crippen LogP contribution in [0, 0.1) is 0 Å². The molecule has 0 atom stereocenters. The van der Waals surface area contributed by atoms with Gasteiger partial charge in [0, 0.05) is 27.2 Å². The van der Waals surface area contributed by atoms with Gasteiger partial charge >= 0.3 is 5.69 Å². The van der Waals surface area contributed by atoms with Crippen molar-refractivity contribution in [3.8, 4) is 28.1 Å². The van der Waals surface area contributed by atoms with Crippen LogP contribution in [0.1, 0.15) is 10.4 Å². The largest absolute Gasteiger partial charge is 0.496 e. The zero-order valence-corrected chi connectivity index (χ0v) is 20.0. The van der Waals surface area contributed by atoms with E-state index in [1.54, 1.807) is 19.2 Å². The van der Waals surface area contributed by atoms with Crippen molar-refractivity contribution in [2.24, 2.45) is 0 Å². The van der Waals surface area contributed by atoms with Gasteiger partial charge in [-0.1, -0.05) is 57.6 Å². The second kappa shape index (κ2) is 9.12. The Bertz CT molecular complexity index is 1590. The Kier molecular flexibility index (Phi) is 5.86. The van der Waals surface area contributed by atoms with Crippen LogP contribution in [0.3, 0.4) is 0 Å². The van der Waals surface area contributed by atoms with Crippen molar-refractivity contribution in [3.05, 3.63) is 87.5 Å². The highest BCUT2D eigenvalue weighted by molar-refractivity contribution is 9.10. The van der Waals surface area contributed by atoms with Crippen LogP contribution in [0.15, 0.2) is 76.3 Å². The molecule has 11 heteroatoms. The van der Waals surface area contributed by atoms with Gasteiger partial charge in [-0.2, -0.15) is 19.7 Å². The summed E-state index contributed by atoms with van der Waals surface area (Å²) in [6.07, 6.45) is 2.87. The van der Waals surface area contributed by atoms with Gasteiger partial charge in [0.1, 0.15) is 10.6 Å². The van der Waals surface area contributed by atoms with E-state index in [2.05, 4.69) is 41.5 Å². The van der Waals surface area contributed by atoms with E-state index in [9.17, 15) is 9.59 Å². The number of carbonyl (C=O) groups excluding carboxylic acids is 1. The van der Waals surface area contributed by atoms with Gasteiger partial charge in [0.05, 0.1) is 30.8 Å². The molecule has 0 saturated heterocycles. The van der Waals surface area contributed by atoms with Crippen LogP contribution < -0.4 is 15.7 Å². The molecule has 0 fully saturated rings. The van der Waals surface area contributed by atoms with Crippen molar-refractivity contribution in [1.82, 2.24) is 24.8 Å². The minimum atomic E-state index is -0.529. The first kappa shape index (κ1) is 21.9. The number of ether oxygens (including phenoxy) is 1. The van der Waals surface area contributed by atoms with Crippen LogP contribution in [-0.2, 0) is 0 Å². The number of nitrogens with zero attached hydrogens (tertiary/aromatic N) is 5. The maximum Gasteiger partial charge on any atom is 0.370 e. The lowest BCUT2D eigenvalue weighted by Gasteiger charge is -2.12. The third kappa shape index (κ3) is 4.18. The lowest BCUT2D eigenvalue weighted by atomic mass is 10.0. The van der Waals surface area contributed by atoms with Crippen molar-refractivity contribution < 1.29 is 9.53 Å². The number of amides is 1. The van der Waals surface area contributed by atoms with Crippen LogP contribution in [-0.4, -0.2) is 37.8 Å². The van der Waals surface area contributed by atoms with E-state index in [1.807, 2.05) is 42.5 Å². The van der Waals surface area contributed by atoms with E-state index in [4.69, 9.17) is 4.74 Å². The average molecular weight is 535 g/mol. The molecule has 3 heterocycles. The SMILES string of the molecule is COc1ccc(Br)cc1-c1cnncc1C(=O)Nc1nn2c(=O)nc(-c3ccccc3)cc2s1. The number of hydrogen-bond acceptors (Lipinski definition) is 8. The summed E-state index contributed by atoms with van der Waals surface area (Å²) in [5.41, 5.74) is 2.32. The summed E-state index contributed by atoms with van der Waals surface area (Å²) >= 11 is 4.62. The van der Waals surface area contributed by atoms with E-state index in [1.165, 1.54) is 23.7 Å². The minimum absolute atomic E-state index is 0.248. The van der Waals surface area contributed by atoms with Gasteiger partial charge in [-0.15, -0.1) is 5.10 Å². The lowest BCUT2D eigenvalue weighted by Crippen LogP contribution is -2.18. The molecule has 0 unspecified atom stereocenters. The van der Waals surface area contributed by atoms with Crippen LogP contribution in [0.5, 0.6) is 5.75 Å². The van der Waals surface area contributed by atoms with Crippen molar-refractivity contribution in [1.29, 1.82) is 0 Å². The summed E-state index contributed by atoms with van der Waals surface area (Å²) in [7, 11) is 1.55. The quantitative estimate of drug-likeness (QED) is 0.357. The maximum absolute atomic E-state index is 13.2. The number of nitrogens with one attached hydrogen (secondary N) is 1. The van der Waals surface area contributed by atoms with Gasteiger partial charge in [-0.05, 0) is 18.2 Å². The van der Waals surface area contributed by atoms with Gasteiger partial charge < -0.3 is 4.74 Å². The molecule has 1 N–H and O–H groups in total. The molecule has 1 amide bonds. The van der Waals surface area contributed by atoms with Gasteiger partial charge in [-0.3, -0.25) is 10.1 Å². The predicted octanol–water partition coefficient (Wildman–Crippen LogP) is 4.30. The molecular formula is C23H15BrN6O3S. The van der Waals surface area contributed by atoms with E-state index >= 15 is 0 Å². The number of halogens is 1. The fourth-order valence-corrected chi connectivity index (χ4v) is 4.61. The number of benzene rings is 2. The van der Waals surface area contributed by atoms with Crippen LogP contribution >= 0.6 is 27.3 Å². The molecule has 0 aliphatic carbocycles. The van der Waals surface area contributed by atoms with Gasteiger partial charge in [-0.25, -0.2) is 4.79 Å². The molecule has 0 aliphatic heterocycles. The summed E-state index contributed by atoms with van der Waals surface area (Å²) in [6, 6.07) is 16.6. The van der Waals surface area contributed by atoms with Crippen molar-refractivity contribution in [3.63, 3.8) is 0 Å². The van der Waals surface area contributed by atoms with Gasteiger partial charge in [0.2, 0.25) is 5.13 Å². The Morgan fingerprint density at radius 2 is 1.85 bits per heavy atom. The number of carbonyl (C=O) groups is 1. The Morgan fingerprint density at radius 3 is 2.65 bits per heavy atom. The molecule has 2 aromatic carbocycles. The summed E-state index contributed by atoms with van der Waals surface area (Å²) in [6.45, 7) is 0. The van der Waals surface area contributed by atoms with E-state index in [0.717, 1.165) is 14.6 Å². The number of fused-ring (bicyclic) bond motifs is 1. The monoisotopic (exact) mass is 534 g/mol. The summed E-state index contributed by atoms with van der Waals surface area (Å²) in [4.78, 5) is 30.4. The van der Waals surface area contributed by atoms with Crippen LogP contribution in [0.2, 0.25) is 0 Å². The summed E-state index contributed by atoms with van der Waals surface area (Å²) in [5, 5.41) is 15.0. The summed E-state index contributed by atoms with van der Waals surface area (Å²) < 4.78 is 7.43. The third-order valence-electron chi connectivity index (χ3n) is 4.98. The summed E-state index contributed by atoms with van der Waals surface area (Å²) in [5.74, 6) is 0.131. The molecule has 168 valence electrons. The lowest BCUT2D eigenvalue weighted by molar-refractivity contribution is 0.102. The molecule has 9 nitrogen and oxygen atoms in total. The van der Waals surface area contributed by atoms with Gasteiger partial charge in [0.15, 0.2) is 0 Å². The number of aromatic nitrogens is 5. The van der Waals surface area contributed by atoms with E-state index < -0.39 is 11.6 Å². The highest BCUT2D eigenvalue weighted by atomic mass is 79.9. The minimum Gasteiger partial charge on any atom is -0.496 e. The third-order valence-corrected chi connectivity index (χ3v) is 6.35. The van der Waals surface area contributed by atoms with Crippen molar-refractivity contribution in [2.45, 2.75) is 0 Å². The Balaban J connectivity index is 1.50. The molecular weight excluding hydrogens is 520 g/mol. The van der Waals surface area contributed by atoms with Crippen LogP contribution in [0.4, 0.5) is 5.13 Å². The van der Waals surface area contributed by atoms with Crippen molar-refractivity contribution in [2.75, 3.05) is 12.4 Å². The molecule has 0 spiro atoms. The molecule has 0 radical (unpaired) electrons. The van der Waals surface area contributed by atoms with Gasteiger partial charge in [0.25, 0.3) is 5.91 Å². The molecule has 5 aromatic rings. The Morgan fingerprint density at radius 1 is 1.06 bits per heavy atom. The Labute approximate surface area is 205 Å². The molecule has 34 heavy (non-hydrogen) atoms. The van der Waals surface area contributed by atoms with Crippen LogP contribution in [0.25, 0.3) is 27.2 Å². The highest BCUT2D eigenvalue weighted by Crippen LogP contribution is 2.34. The average Bonchev–Trinajstić information content (AvgIpc) is 3.27. The second-order valence-electron chi connectivity index (χ2n) is 7.06. The van der Waals surface area contributed by atoms with E-state index in [0.29, 0.717) is 27.4 Å². The van der Waals surface area contributed by atoms with E-state index in [-0.39, 0.29) is 10.7 Å². The molecule has 0 saturated carbocycles. The fourth-order valence-electron chi connectivity index (χ4n) is 3.41. The Hall–Kier alpha value is -3.96. The first-order valence-corrected chi connectivity index (χ1v) is 11.6. The molecule has 0 aliphatic rings. The highest BCUT2D eigenvalue weighted by Gasteiger charge is 2.19. The predicted molar refractivity (Wildman–Crippen MR) is 132 cm³/mol. The molecule has 0 bridgehead atoms. The number of anilines is 1. The number of rotatable bonds is 5. The zero-order chi connectivity index (χ0) is 23.7. The maximum atomic E-state index is 13.2. The number of hydrogen-bond donors (Lipinski definition) is 1. The second-order valence-corrected chi connectivity index (χ2v) is 8.99. The van der Waals surface area contributed by atoms with Crippen molar-refractivity contribution >= 4 is 43.1 Å². The smallest absolute Gasteiger partial charge is 0.370 e. The first-order chi connectivity index (χ1) is 16.5. The molecule has 3 aromatic heterocycles. The standard InChI is InChI=1S/C23H15BrN6O3S/c1-33-19-8-7-14(24)9-15(19)16-11-25-26-12-17(16)21(31)28-22-29-30-20(34-22)10-18(27-23(30)32)13-5-3-2-4-6-13/h2-12H,1H3,(H,28,29,31). The fraction of sp³-hybridized carbons (Fsp3) is 0.0435. The normalized spacial score (nSPS) is 10.9. The number of methoxy groups -OCH3 is 1. The molecule has 5 rings (SSSR count).